The summed E-state index contributed by atoms with van der Waals surface area (Å²) >= 11 is 3.26. The molecule has 0 radical (unpaired) electrons. The number of hydrogen-bond donors (Lipinski definition) is 2. The molecular formula is C21H18BrF4N3O4. The summed E-state index contributed by atoms with van der Waals surface area (Å²) < 4.78 is 52.0. The molecule has 0 fully saturated rings. The number of rotatable bonds is 6. The van der Waals surface area contributed by atoms with Crippen molar-refractivity contribution in [2.24, 2.45) is 5.73 Å². The number of ether oxygens (including phenoxy) is 1. The molecule has 3 rings (SSSR count). The predicted molar refractivity (Wildman–Crippen MR) is 114 cm³/mol. The lowest BCUT2D eigenvalue weighted by atomic mass is 10.1. The van der Waals surface area contributed by atoms with Gasteiger partial charge in [-0.3, -0.25) is 9.36 Å². The van der Waals surface area contributed by atoms with Crippen LogP contribution < -0.4 is 16.0 Å². The Balaban J connectivity index is 0.000000479. The quantitative estimate of drug-likeness (QED) is 0.467. The molecular weight excluding hydrogens is 514 g/mol. The fraction of sp³-hybridized carbons (Fsp3) is 0.190. The molecule has 7 nitrogen and oxygen atoms in total. The van der Waals surface area contributed by atoms with Crippen molar-refractivity contribution in [3.8, 4) is 5.88 Å². The van der Waals surface area contributed by atoms with Crippen LogP contribution in [-0.2, 0) is 24.5 Å². The van der Waals surface area contributed by atoms with Crippen molar-refractivity contribution >= 4 is 21.9 Å². The molecule has 1 heterocycles. The van der Waals surface area contributed by atoms with Gasteiger partial charge in [-0.25, -0.2) is 14.2 Å². The molecule has 0 aliphatic heterocycles. The first-order chi connectivity index (χ1) is 15.5. The average molecular weight is 532 g/mol. The summed E-state index contributed by atoms with van der Waals surface area (Å²) in [6.07, 6.45) is -3.64. The first kappa shape index (κ1) is 26.0. The van der Waals surface area contributed by atoms with E-state index in [4.69, 9.17) is 20.4 Å². The summed E-state index contributed by atoms with van der Waals surface area (Å²) in [4.78, 5) is 25.6. The van der Waals surface area contributed by atoms with Crippen LogP contribution in [0, 0.1) is 5.82 Å². The van der Waals surface area contributed by atoms with Gasteiger partial charge in [0, 0.05) is 6.54 Å². The van der Waals surface area contributed by atoms with Crippen molar-refractivity contribution in [3.05, 3.63) is 92.2 Å². The van der Waals surface area contributed by atoms with Crippen molar-refractivity contribution in [1.82, 2.24) is 9.55 Å². The van der Waals surface area contributed by atoms with Crippen LogP contribution in [0.3, 0.4) is 0 Å². The number of nitrogens with zero attached hydrogens (tertiary/aromatic N) is 2. The molecule has 0 amide bonds. The summed E-state index contributed by atoms with van der Waals surface area (Å²) in [5, 5.41) is 7.12. The van der Waals surface area contributed by atoms with Crippen LogP contribution in [-0.4, -0.2) is 26.8 Å². The molecule has 0 unspecified atom stereocenters. The Bertz CT molecular complexity index is 1150. The monoisotopic (exact) mass is 531 g/mol. The van der Waals surface area contributed by atoms with Crippen LogP contribution in [0.5, 0.6) is 5.88 Å². The van der Waals surface area contributed by atoms with Crippen molar-refractivity contribution in [1.29, 1.82) is 0 Å². The Labute approximate surface area is 193 Å². The highest BCUT2D eigenvalue weighted by atomic mass is 79.9. The van der Waals surface area contributed by atoms with E-state index in [-0.39, 0.29) is 28.3 Å². The lowest BCUT2D eigenvalue weighted by Crippen LogP contribution is -2.22. The fourth-order valence-electron chi connectivity index (χ4n) is 2.45. The number of halogens is 5. The van der Waals surface area contributed by atoms with Crippen LogP contribution >= 0.6 is 15.9 Å². The number of carboxylic acids is 1. The maximum atomic E-state index is 12.9. The van der Waals surface area contributed by atoms with Gasteiger partial charge in [0.25, 0.3) is 5.56 Å². The molecule has 0 atom stereocenters. The highest BCUT2D eigenvalue weighted by Crippen LogP contribution is 2.19. The van der Waals surface area contributed by atoms with Gasteiger partial charge in [-0.15, -0.1) is 0 Å². The number of aliphatic carboxylic acids is 1. The van der Waals surface area contributed by atoms with Gasteiger partial charge in [-0.05, 0) is 44.8 Å². The summed E-state index contributed by atoms with van der Waals surface area (Å²) in [6.45, 7) is 1.02. The highest BCUT2D eigenvalue weighted by molar-refractivity contribution is 9.10. The molecule has 0 aliphatic rings. The number of benzene rings is 2. The molecule has 12 heteroatoms. The van der Waals surface area contributed by atoms with E-state index in [1.165, 1.54) is 23.0 Å². The molecule has 0 bridgehead atoms. The van der Waals surface area contributed by atoms with E-state index < -0.39 is 12.1 Å². The van der Waals surface area contributed by atoms with E-state index in [1.54, 1.807) is 12.1 Å². The molecule has 33 heavy (non-hydrogen) atoms. The first-order valence-corrected chi connectivity index (χ1v) is 10.0. The Morgan fingerprint density at radius 2 is 1.73 bits per heavy atom. The summed E-state index contributed by atoms with van der Waals surface area (Å²) in [6, 6.07) is 13.7. The number of nitrogens with two attached hydrogens (primary N) is 1. The van der Waals surface area contributed by atoms with Crippen LogP contribution in [0.15, 0.2) is 64.1 Å². The van der Waals surface area contributed by atoms with Gasteiger partial charge in [0.15, 0.2) is 0 Å². The van der Waals surface area contributed by atoms with Gasteiger partial charge in [0.2, 0.25) is 5.88 Å². The second kappa shape index (κ2) is 11.6. The zero-order chi connectivity index (χ0) is 24.6. The molecule has 2 aromatic carbocycles. The van der Waals surface area contributed by atoms with Crippen molar-refractivity contribution in [2.75, 3.05) is 0 Å². The Hall–Kier alpha value is -3.25. The molecule has 0 saturated heterocycles. The molecule has 0 saturated carbocycles. The van der Waals surface area contributed by atoms with Gasteiger partial charge < -0.3 is 15.6 Å². The minimum atomic E-state index is -5.08. The highest BCUT2D eigenvalue weighted by Gasteiger charge is 2.38. The van der Waals surface area contributed by atoms with Crippen LogP contribution in [0.1, 0.15) is 16.7 Å². The van der Waals surface area contributed by atoms with Crippen molar-refractivity contribution in [3.63, 3.8) is 0 Å². The van der Waals surface area contributed by atoms with Crippen LogP contribution in [0.25, 0.3) is 0 Å². The van der Waals surface area contributed by atoms with E-state index >= 15 is 0 Å². The lowest BCUT2D eigenvalue weighted by molar-refractivity contribution is -0.192. The third-order valence-electron chi connectivity index (χ3n) is 4.06. The Morgan fingerprint density at radius 1 is 1.12 bits per heavy atom. The Kier molecular flexibility index (Phi) is 9.12. The maximum Gasteiger partial charge on any atom is 0.490 e. The lowest BCUT2D eigenvalue weighted by Gasteiger charge is -2.11. The first-order valence-electron chi connectivity index (χ1n) is 9.21. The summed E-state index contributed by atoms with van der Waals surface area (Å²) in [5.41, 5.74) is 8.15. The van der Waals surface area contributed by atoms with Gasteiger partial charge in [0.05, 0.1) is 6.54 Å². The van der Waals surface area contributed by atoms with Gasteiger partial charge in [-0.2, -0.15) is 13.2 Å². The smallest absolute Gasteiger partial charge is 0.475 e. The zero-order valence-corrected chi connectivity index (χ0v) is 18.4. The fourth-order valence-corrected chi connectivity index (χ4v) is 2.89. The number of carbonyl (C=O) groups is 1. The van der Waals surface area contributed by atoms with Crippen LogP contribution in [0.2, 0.25) is 0 Å². The van der Waals surface area contributed by atoms with Crippen molar-refractivity contribution < 1.29 is 32.2 Å². The summed E-state index contributed by atoms with van der Waals surface area (Å²) in [7, 11) is 0. The second-order valence-electron chi connectivity index (χ2n) is 6.54. The standard InChI is InChI=1S/C19H17BrFN3O2.C2HF3O2/c20-17-18(26-11-13-4-6-16(21)7-5-13)23-12-24(19(17)25)10-15-3-1-2-14(8-15)9-22;3-2(4,5)1(6)7/h1-8,12H,9-11,22H2;(H,6,7). The topological polar surface area (TPSA) is 107 Å². The maximum absolute atomic E-state index is 12.9. The molecule has 3 aromatic rings. The number of carboxylic acid groups (broad SMARTS) is 1. The third kappa shape index (κ3) is 7.99. The van der Waals surface area contributed by atoms with E-state index in [0.29, 0.717) is 13.1 Å². The zero-order valence-electron chi connectivity index (χ0n) is 16.9. The van der Waals surface area contributed by atoms with E-state index in [2.05, 4.69) is 20.9 Å². The number of alkyl halides is 3. The van der Waals surface area contributed by atoms with E-state index in [0.717, 1.165) is 16.7 Å². The van der Waals surface area contributed by atoms with Gasteiger partial charge >= 0.3 is 12.1 Å². The minimum absolute atomic E-state index is 0.188. The minimum Gasteiger partial charge on any atom is -0.475 e. The second-order valence-corrected chi connectivity index (χ2v) is 7.33. The predicted octanol–water partition coefficient (Wildman–Crippen LogP) is 3.86. The largest absolute Gasteiger partial charge is 0.490 e. The van der Waals surface area contributed by atoms with Crippen molar-refractivity contribution in [2.45, 2.75) is 25.9 Å². The summed E-state index contributed by atoms with van der Waals surface area (Å²) in [5.74, 6) is -2.87. The third-order valence-corrected chi connectivity index (χ3v) is 4.74. The SMILES string of the molecule is NCc1cccc(Cn2cnc(OCc3ccc(F)cc3)c(Br)c2=O)c1.O=C(O)C(F)(F)F. The number of aromatic nitrogens is 2. The molecule has 0 spiro atoms. The van der Waals surface area contributed by atoms with Gasteiger partial charge in [0.1, 0.15) is 23.2 Å². The average Bonchev–Trinajstić information content (AvgIpc) is 2.77. The van der Waals surface area contributed by atoms with E-state index in [9.17, 15) is 22.4 Å². The van der Waals surface area contributed by atoms with Gasteiger partial charge in [-0.1, -0.05) is 36.4 Å². The normalized spacial score (nSPS) is 10.8. The molecule has 0 aliphatic carbocycles. The number of hydrogen-bond acceptors (Lipinski definition) is 5. The Morgan fingerprint density at radius 3 is 2.30 bits per heavy atom. The molecule has 3 N–H and O–H groups in total. The van der Waals surface area contributed by atoms with Crippen LogP contribution in [0.4, 0.5) is 17.6 Å². The molecule has 1 aromatic heterocycles. The molecule has 176 valence electrons. The van der Waals surface area contributed by atoms with E-state index in [1.807, 2.05) is 24.3 Å².